The van der Waals surface area contributed by atoms with Crippen molar-refractivity contribution in [1.29, 1.82) is 0 Å². The summed E-state index contributed by atoms with van der Waals surface area (Å²) in [5, 5.41) is 13.6. The maximum Gasteiger partial charge on any atom is 0.329 e. The van der Waals surface area contributed by atoms with Crippen LogP contribution in [0.15, 0.2) is 6.20 Å². The molecule has 20 heavy (non-hydrogen) atoms. The minimum absolute atomic E-state index is 0.0986. The average Bonchev–Trinajstić information content (AvgIpc) is 2.36. The van der Waals surface area contributed by atoms with Gasteiger partial charge in [0.15, 0.2) is 0 Å². The molecule has 1 atom stereocenters. The molecular weight excluding hydrogens is 266 g/mol. The standard InChI is InChI=1S/C11H17N5O4/c1-6(2)4-7(10(17)20-3)14-9-8(16(18)19)5-13-11(12)15-9/h5-7H,4H2,1-3H3,(H3,12,13,14,15). The van der Waals surface area contributed by atoms with E-state index in [1.54, 1.807) is 0 Å². The van der Waals surface area contributed by atoms with Crippen LogP contribution < -0.4 is 11.1 Å². The Kier molecular flexibility index (Phi) is 5.18. The summed E-state index contributed by atoms with van der Waals surface area (Å²) in [7, 11) is 1.25. The van der Waals surface area contributed by atoms with Crippen LogP contribution in [-0.2, 0) is 9.53 Å². The number of aromatic nitrogens is 2. The SMILES string of the molecule is COC(=O)C(CC(C)C)Nc1nc(N)ncc1[N+](=O)[O-]. The number of methoxy groups -OCH3 is 1. The van der Waals surface area contributed by atoms with Crippen LogP contribution in [0.25, 0.3) is 0 Å². The quantitative estimate of drug-likeness (QED) is 0.448. The number of nitrogens with one attached hydrogen (secondary N) is 1. The number of hydrogen-bond acceptors (Lipinski definition) is 8. The van der Waals surface area contributed by atoms with E-state index in [4.69, 9.17) is 5.73 Å². The fourth-order valence-corrected chi connectivity index (χ4v) is 1.62. The van der Waals surface area contributed by atoms with Crippen molar-refractivity contribution in [3.63, 3.8) is 0 Å². The Hall–Kier alpha value is -2.45. The van der Waals surface area contributed by atoms with Crippen molar-refractivity contribution in [2.75, 3.05) is 18.2 Å². The zero-order chi connectivity index (χ0) is 15.3. The summed E-state index contributed by atoms with van der Waals surface area (Å²) in [5.41, 5.74) is 5.06. The van der Waals surface area contributed by atoms with Gasteiger partial charge in [0.05, 0.1) is 12.0 Å². The molecule has 1 rings (SSSR count). The lowest BCUT2D eigenvalue weighted by molar-refractivity contribution is -0.384. The molecule has 9 heteroatoms. The van der Waals surface area contributed by atoms with E-state index >= 15 is 0 Å². The second-order valence-corrected chi connectivity index (χ2v) is 4.57. The Morgan fingerprint density at radius 2 is 2.25 bits per heavy atom. The molecule has 0 aliphatic heterocycles. The largest absolute Gasteiger partial charge is 0.467 e. The number of nitro groups is 1. The van der Waals surface area contributed by atoms with E-state index in [0.29, 0.717) is 6.42 Å². The van der Waals surface area contributed by atoms with Crippen molar-refractivity contribution in [2.45, 2.75) is 26.3 Å². The third-order valence-electron chi connectivity index (χ3n) is 2.49. The molecule has 9 nitrogen and oxygen atoms in total. The molecule has 1 heterocycles. The van der Waals surface area contributed by atoms with Gasteiger partial charge in [-0.15, -0.1) is 0 Å². The van der Waals surface area contributed by atoms with Crippen molar-refractivity contribution in [3.8, 4) is 0 Å². The molecule has 0 fully saturated rings. The molecule has 0 radical (unpaired) electrons. The fraction of sp³-hybridized carbons (Fsp3) is 0.545. The highest BCUT2D eigenvalue weighted by Gasteiger charge is 2.25. The summed E-state index contributed by atoms with van der Waals surface area (Å²) in [6.45, 7) is 3.83. The number of nitrogens with two attached hydrogens (primary N) is 1. The van der Waals surface area contributed by atoms with Crippen LogP contribution in [0.2, 0.25) is 0 Å². The molecule has 0 aliphatic rings. The normalized spacial score (nSPS) is 12.0. The summed E-state index contributed by atoms with van der Waals surface area (Å²) >= 11 is 0. The Labute approximate surface area is 115 Å². The van der Waals surface area contributed by atoms with Gasteiger partial charge in [-0.25, -0.2) is 9.78 Å². The molecule has 0 saturated heterocycles. The average molecular weight is 283 g/mol. The zero-order valence-electron chi connectivity index (χ0n) is 11.5. The van der Waals surface area contributed by atoms with Gasteiger partial charge in [-0.05, 0) is 12.3 Å². The molecule has 3 N–H and O–H groups in total. The highest BCUT2D eigenvalue weighted by atomic mass is 16.6. The first-order valence-electron chi connectivity index (χ1n) is 5.96. The number of ether oxygens (including phenoxy) is 1. The third kappa shape index (κ3) is 4.04. The molecule has 0 bridgehead atoms. The number of carbonyl (C=O) groups is 1. The van der Waals surface area contributed by atoms with Gasteiger partial charge in [0.2, 0.25) is 11.8 Å². The summed E-state index contributed by atoms with van der Waals surface area (Å²) in [4.78, 5) is 29.3. The monoisotopic (exact) mass is 283 g/mol. The Balaban J connectivity index is 3.06. The van der Waals surface area contributed by atoms with Crippen molar-refractivity contribution >= 4 is 23.4 Å². The van der Waals surface area contributed by atoms with E-state index in [1.807, 2.05) is 13.8 Å². The third-order valence-corrected chi connectivity index (χ3v) is 2.49. The smallest absolute Gasteiger partial charge is 0.329 e. The fourth-order valence-electron chi connectivity index (χ4n) is 1.62. The summed E-state index contributed by atoms with van der Waals surface area (Å²) in [6.07, 6.45) is 1.43. The number of esters is 1. The second-order valence-electron chi connectivity index (χ2n) is 4.57. The first kappa shape index (κ1) is 15.6. The molecule has 1 aromatic rings. The van der Waals surface area contributed by atoms with Crippen LogP contribution >= 0.6 is 0 Å². The first-order chi connectivity index (χ1) is 9.35. The Morgan fingerprint density at radius 1 is 1.60 bits per heavy atom. The number of rotatable bonds is 6. The van der Waals surface area contributed by atoms with Crippen molar-refractivity contribution in [2.24, 2.45) is 5.92 Å². The van der Waals surface area contributed by atoms with Gasteiger partial charge in [-0.3, -0.25) is 10.1 Å². The summed E-state index contributed by atoms with van der Waals surface area (Å²) in [6, 6.07) is -0.743. The number of anilines is 2. The van der Waals surface area contributed by atoms with E-state index in [-0.39, 0.29) is 23.4 Å². The zero-order valence-corrected chi connectivity index (χ0v) is 11.5. The molecular formula is C11H17N5O4. The number of hydrogen-bond donors (Lipinski definition) is 2. The van der Waals surface area contributed by atoms with Gasteiger partial charge in [0.1, 0.15) is 12.2 Å². The minimum atomic E-state index is -0.743. The number of nitrogens with zero attached hydrogens (tertiary/aromatic N) is 3. The summed E-state index contributed by atoms with van der Waals surface area (Å²) in [5.74, 6) is -0.556. The summed E-state index contributed by atoms with van der Waals surface area (Å²) < 4.78 is 4.67. The highest BCUT2D eigenvalue weighted by molar-refractivity contribution is 5.79. The van der Waals surface area contributed by atoms with Gasteiger partial charge in [0, 0.05) is 0 Å². The van der Waals surface area contributed by atoms with E-state index < -0.39 is 16.9 Å². The van der Waals surface area contributed by atoms with Crippen molar-refractivity contribution in [1.82, 2.24) is 9.97 Å². The van der Waals surface area contributed by atoms with Crippen molar-refractivity contribution in [3.05, 3.63) is 16.3 Å². The van der Waals surface area contributed by atoms with Crippen molar-refractivity contribution < 1.29 is 14.5 Å². The minimum Gasteiger partial charge on any atom is -0.467 e. The Bertz CT molecular complexity index is 506. The van der Waals surface area contributed by atoms with Crippen LogP contribution in [0.1, 0.15) is 20.3 Å². The van der Waals surface area contributed by atoms with Crippen LogP contribution in [-0.4, -0.2) is 34.0 Å². The molecule has 110 valence electrons. The van der Waals surface area contributed by atoms with Gasteiger partial charge >= 0.3 is 11.7 Å². The molecule has 0 spiro atoms. The van der Waals surface area contributed by atoms with E-state index in [2.05, 4.69) is 20.0 Å². The molecule has 0 aromatic carbocycles. The number of nitrogen functional groups attached to an aromatic ring is 1. The molecule has 0 aliphatic carbocycles. The molecule has 0 saturated carbocycles. The predicted molar refractivity (Wildman–Crippen MR) is 72.0 cm³/mol. The first-order valence-corrected chi connectivity index (χ1v) is 5.96. The van der Waals surface area contributed by atoms with E-state index in [0.717, 1.165) is 6.20 Å². The molecule has 0 amide bonds. The van der Waals surface area contributed by atoms with E-state index in [1.165, 1.54) is 7.11 Å². The van der Waals surface area contributed by atoms with Crippen LogP contribution in [0.5, 0.6) is 0 Å². The lowest BCUT2D eigenvalue weighted by Gasteiger charge is -2.18. The van der Waals surface area contributed by atoms with E-state index in [9.17, 15) is 14.9 Å². The number of carbonyl (C=O) groups excluding carboxylic acids is 1. The predicted octanol–water partition coefficient (Wildman–Crippen LogP) is 0.967. The lowest BCUT2D eigenvalue weighted by Crippen LogP contribution is -2.32. The molecule has 1 unspecified atom stereocenters. The van der Waals surface area contributed by atoms with Crippen LogP contribution in [0.4, 0.5) is 17.5 Å². The maximum absolute atomic E-state index is 11.7. The van der Waals surface area contributed by atoms with Gasteiger partial charge in [-0.1, -0.05) is 13.8 Å². The topological polar surface area (TPSA) is 133 Å². The second kappa shape index (κ2) is 6.64. The van der Waals surface area contributed by atoms with Crippen LogP contribution in [0, 0.1) is 16.0 Å². The Morgan fingerprint density at radius 3 is 2.75 bits per heavy atom. The maximum atomic E-state index is 11.7. The lowest BCUT2D eigenvalue weighted by atomic mass is 10.0. The van der Waals surface area contributed by atoms with Gasteiger partial charge in [0.25, 0.3) is 0 Å². The highest BCUT2D eigenvalue weighted by Crippen LogP contribution is 2.23. The van der Waals surface area contributed by atoms with Gasteiger partial charge < -0.3 is 15.8 Å². The molecule has 1 aromatic heterocycles. The van der Waals surface area contributed by atoms with Gasteiger partial charge in [-0.2, -0.15) is 4.98 Å². The van der Waals surface area contributed by atoms with Crippen LogP contribution in [0.3, 0.4) is 0 Å².